The summed E-state index contributed by atoms with van der Waals surface area (Å²) in [7, 11) is 0. The molecule has 0 aliphatic heterocycles. The monoisotopic (exact) mass is 589 g/mol. The second-order valence-corrected chi connectivity index (χ2v) is 9.44. The van der Waals surface area contributed by atoms with Crippen LogP contribution in [-0.2, 0) is 12.8 Å². The largest absolute Gasteiger partial charge is 0.412 e. The summed E-state index contributed by atoms with van der Waals surface area (Å²) in [4.78, 5) is 11.8. The van der Waals surface area contributed by atoms with Crippen LogP contribution in [0.3, 0.4) is 0 Å². The van der Waals surface area contributed by atoms with Crippen LogP contribution in [0.1, 0.15) is 82.6 Å². The summed E-state index contributed by atoms with van der Waals surface area (Å²) in [5.41, 5.74) is 1.79. The van der Waals surface area contributed by atoms with Gasteiger partial charge in [-0.05, 0) is 102 Å². The highest BCUT2D eigenvalue weighted by atomic mass is 19.4. The molecule has 0 aliphatic carbocycles. The van der Waals surface area contributed by atoms with Crippen LogP contribution in [0.2, 0.25) is 0 Å². The van der Waals surface area contributed by atoms with E-state index in [1.165, 1.54) is 12.3 Å². The Morgan fingerprint density at radius 1 is 0.952 bits per heavy atom. The molecule has 1 atom stereocenters. The van der Waals surface area contributed by atoms with Gasteiger partial charge in [-0.1, -0.05) is 19.9 Å². The number of nitriles is 1. The number of nitrogens with zero attached hydrogens (tertiary/aromatic N) is 4. The summed E-state index contributed by atoms with van der Waals surface area (Å²) in [6, 6.07) is 10.6. The smallest absolute Gasteiger partial charge is 0.410 e. The molecule has 3 aromatic rings. The predicted molar refractivity (Wildman–Crippen MR) is 161 cm³/mol. The molecule has 230 valence electrons. The summed E-state index contributed by atoms with van der Waals surface area (Å²) < 4.78 is 51.2. The fourth-order valence-electron chi connectivity index (χ4n) is 3.08. The maximum Gasteiger partial charge on any atom is 0.410 e. The number of aryl methyl sites for hydroxylation is 4. The van der Waals surface area contributed by atoms with Crippen molar-refractivity contribution >= 4 is 5.69 Å². The molecule has 0 bridgehead atoms. The SMILES string of the molecule is CC#CC.CCc1cc(C)c(C(C)C#N)cc1F.CCc1ccc(NC(C)(C)C(F)(F)F)cn1.Cc1ncccn1.O. The lowest BCUT2D eigenvalue weighted by Crippen LogP contribution is -2.46. The van der Waals surface area contributed by atoms with Crippen molar-refractivity contribution < 1.29 is 23.0 Å². The van der Waals surface area contributed by atoms with Crippen LogP contribution in [0.5, 0.6) is 0 Å². The molecule has 10 heteroatoms. The maximum atomic E-state index is 13.4. The predicted octanol–water partition coefficient (Wildman–Crippen LogP) is 7.71. The molecule has 6 nitrogen and oxygen atoms in total. The highest BCUT2D eigenvalue weighted by Gasteiger charge is 2.47. The van der Waals surface area contributed by atoms with Crippen LogP contribution < -0.4 is 5.32 Å². The average molecular weight is 590 g/mol. The molecule has 0 fully saturated rings. The summed E-state index contributed by atoms with van der Waals surface area (Å²) in [6.45, 7) is 15.3. The molecule has 1 unspecified atom stereocenters. The second kappa shape index (κ2) is 20.0. The van der Waals surface area contributed by atoms with Crippen molar-refractivity contribution in [2.75, 3.05) is 5.32 Å². The lowest BCUT2D eigenvalue weighted by atomic mass is 9.95. The minimum atomic E-state index is -4.30. The van der Waals surface area contributed by atoms with Crippen LogP contribution in [0.4, 0.5) is 23.2 Å². The van der Waals surface area contributed by atoms with Gasteiger partial charge in [0.1, 0.15) is 17.2 Å². The summed E-state index contributed by atoms with van der Waals surface area (Å²) in [6.07, 6.45) is 2.03. The van der Waals surface area contributed by atoms with Gasteiger partial charge in [0.2, 0.25) is 0 Å². The number of benzene rings is 1. The molecule has 0 aliphatic rings. The van der Waals surface area contributed by atoms with Crippen LogP contribution in [-0.4, -0.2) is 32.1 Å². The van der Waals surface area contributed by atoms with Crippen molar-refractivity contribution in [3.05, 3.63) is 82.9 Å². The van der Waals surface area contributed by atoms with Gasteiger partial charge < -0.3 is 10.8 Å². The van der Waals surface area contributed by atoms with E-state index in [-0.39, 0.29) is 17.2 Å². The molecule has 0 radical (unpaired) electrons. The van der Waals surface area contributed by atoms with E-state index >= 15 is 0 Å². The minimum Gasteiger partial charge on any atom is -0.412 e. The first-order chi connectivity index (χ1) is 19.2. The Bertz CT molecular complexity index is 1270. The first-order valence-electron chi connectivity index (χ1n) is 13.2. The van der Waals surface area contributed by atoms with Crippen molar-refractivity contribution in [3.8, 4) is 17.9 Å². The lowest BCUT2D eigenvalue weighted by Gasteiger charge is -2.29. The molecule has 42 heavy (non-hydrogen) atoms. The Balaban J connectivity index is 0. The number of aromatic nitrogens is 3. The van der Waals surface area contributed by atoms with Crippen LogP contribution >= 0.6 is 0 Å². The molecule has 0 amide bonds. The highest BCUT2D eigenvalue weighted by Crippen LogP contribution is 2.32. The van der Waals surface area contributed by atoms with Gasteiger partial charge in [0.05, 0.1) is 23.9 Å². The molecule has 0 spiro atoms. The van der Waals surface area contributed by atoms with Gasteiger partial charge in [0.15, 0.2) is 0 Å². The Hall–Kier alpha value is -4.02. The zero-order valence-corrected chi connectivity index (χ0v) is 25.9. The summed E-state index contributed by atoms with van der Waals surface area (Å²) in [5.74, 6) is 5.74. The quantitative estimate of drug-likeness (QED) is 0.242. The Morgan fingerprint density at radius 3 is 1.88 bits per heavy atom. The fourth-order valence-corrected chi connectivity index (χ4v) is 3.08. The van der Waals surface area contributed by atoms with E-state index in [9.17, 15) is 17.6 Å². The third kappa shape index (κ3) is 14.6. The first kappa shape index (κ1) is 40.1. The minimum absolute atomic E-state index is 0. The molecule has 2 aromatic heterocycles. The number of hydrogen-bond donors (Lipinski definition) is 1. The van der Waals surface area contributed by atoms with E-state index < -0.39 is 11.7 Å². The van der Waals surface area contributed by atoms with Gasteiger partial charge in [0.25, 0.3) is 0 Å². The summed E-state index contributed by atoms with van der Waals surface area (Å²) in [5, 5.41) is 11.2. The van der Waals surface area contributed by atoms with Gasteiger partial charge in [-0.3, -0.25) is 4.98 Å². The van der Waals surface area contributed by atoms with Gasteiger partial charge in [-0.25, -0.2) is 14.4 Å². The molecule has 1 aromatic carbocycles. The Morgan fingerprint density at radius 2 is 1.52 bits per heavy atom. The number of halogens is 4. The number of anilines is 1. The molecule has 3 N–H and O–H groups in total. The molecule has 2 heterocycles. The number of hydrogen-bond acceptors (Lipinski definition) is 5. The van der Waals surface area contributed by atoms with E-state index in [1.807, 2.05) is 47.6 Å². The van der Waals surface area contributed by atoms with Crippen molar-refractivity contribution in [1.82, 2.24) is 15.0 Å². The topological polar surface area (TPSA) is 106 Å². The van der Waals surface area contributed by atoms with Crippen molar-refractivity contribution in [3.63, 3.8) is 0 Å². The Kier molecular flexibility index (Phi) is 19.1. The van der Waals surface area contributed by atoms with Crippen LogP contribution in [0.15, 0.2) is 48.9 Å². The van der Waals surface area contributed by atoms with Gasteiger partial charge in [0, 0.05) is 18.1 Å². The maximum absolute atomic E-state index is 13.4. The van der Waals surface area contributed by atoms with E-state index in [0.717, 1.165) is 48.5 Å². The van der Waals surface area contributed by atoms with E-state index in [0.29, 0.717) is 12.1 Å². The van der Waals surface area contributed by atoms with Crippen molar-refractivity contribution in [2.45, 2.75) is 92.8 Å². The number of alkyl halides is 3. The normalized spacial score (nSPS) is 10.7. The van der Waals surface area contributed by atoms with Gasteiger partial charge in [-0.2, -0.15) is 18.4 Å². The highest BCUT2D eigenvalue weighted by molar-refractivity contribution is 5.44. The van der Waals surface area contributed by atoms with E-state index in [2.05, 4.69) is 38.2 Å². The zero-order chi connectivity index (χ0) is 31.6. The Labute approximate surface area is 248 Å². The fraction of sp³-hybridized carbons (Fsp3) is 0.438. The third-order valence-corrected chi connectivity index (χ3v) is 5.77. The van der Waals surface area contributed by atoms with E-state index in [1.54, 1.807) is 37.5 Å². The van der Waals surface area contributed by atoms with Gasteiger partial charge >= 0.3 is 6.18 Å². The molecule has 0 saturated carbocycles. The molecule has 0 saturated heterocycles. The molecule has 3 rings (SSSR count). The molecular weight excluding hydrogens is 546 g/mol. The van der Waals surface area contributed by atoms with Crippen molar-refractivity contribution in [2.24, 2.45) is 0 Å². The summed E-state index contributed by atoms with van der Waals surface area (Å²) >= 11 is 0. The molecular formula is C32H43F4N5O. The zero-order valence-electron chi connectivity index (χ0n) is 25.9. The van der Waals surface area contributed by atoms with Gasteiger partial charge in [-0.15, -0.1) is 11.8 Å². The first-order valence-corrected chi connectivity index (χ1v) is 13.2. The number of nitrogens with one attached hydrogen (secondary N) is 1. The lowest BCUT2D eigenvalue weighted by molar-refractivity contribution is -0.168. The number of pyridine rings is 1. The third-order valence-electron chi connectivity index (χ3n) is 5.77. The van der Waals surface area contributed by atoms with Crippen LogP contribution in [0.25, 0.3) is 0 Å². The van der Waals surface area contributed by atoms with Crippen LogP contribution in [0, 0.1) is 42.8 Å². The second-order valence-electron chi connectivity index (χ2n) is 9.44. The van der Waals surface area contributed by atoms with Crippen molar-refractivity contribution in [1.29, 1.82) is 5.26 Å². The average Bonchev–Trinajstić information content (AvgIpc) is 2.94. The standard InChI is InChI=1S/C12H14FN.C11H15F3N2.C5H6N2.C4H6.H2O/c1-4-10-5-8(2)11(6-12(10)13)9(3)7-14;1-4-8-5-6-9(7-15-8)16-10(2,3)11(12,13)14;1-5-6-3-2-4-7-5;1-3-4-2;/h5-6,9H,4H2,1-3H3;5-7,16H,4H2,1-3H3;2-4H,1H3;1-2H3;1H2. The number of rotatable bonds is 5. The van der Waals surface area contributed by atoms with E-state index in [4.69, 9.17) is 5.26 Å².